The summed E-state index contributed by atoms with van der Waals surface area (Å²) in [5, 5.41) is 8.17. The molecule has 0 rings (SSSR count). The number of carbonyl (C=O) groups is 3. The van der Waals surface area contributed by atoms with Gasteiger partial charge in [0, 0.05) is 6.92 Å². The SMILES string of the molecule is CC(=O)C(=O)C(N)CC(=O)O. The van der Waals surface area contributed by atoms with Gasteiger partial charge in [-0.15, -0.1) is 0 Å². The van der Waals surface area contributed by atoms with Crippen molar-refractivity contribution in [3.63, 3.8) is 0 Å². The maximum atomic E-state index is 10.6. The Hall–Kier alpha value is -1.23. The van der Waals surface area contributed by atoms with Gasteiger partial charge in [0.1, 0.15) is 0 Å². The summed E-state index contributed by atoms with van der Waals surface area (Å²) in [4.78, 5) is 31.0. The van der Waals surface area contributed by atoms with Crippen LogP contribution in [-0.2, 0) is 14.4 Å². The van der Waals surface area contributed by atoms with Gasteiger partial charge in [0.25, 0.3) is 0 Å². The quantitative estimate of drug-likeness (QED) is 0.510. The Morgan fingerprint density at radius 1 is 1.45 bits per heavy atom. The molecule has 62 valence electrons. The van der Waals surface area contributed by atoms with Gasteiger partial charge in [-0.1, -0.05) is 0 Å². The van der Waals surface area contributed by atoms with Crippen LogP contribution in [0.1, 0.15) is 13.3 Å². The zero-order valence-corrected chi connectivity index (χ0v) is 6.03. The molecule has 0 spiro atoms. The molecule has 0 fully saturated rings. The molecule has 0 aromatic rings. The molecule has 5 heteroatoms. The molecule has 0 radical (unpaired) electrons. The molecule has 3 N–H and O–H groups in total. The molecule has 0 aromatic carbocycles. The smallest absolute Gasteiger partial charge is 0.305 e. The van der Waals surface area contributed by atoms with Crippen LogP contribution in [0, 0.1) is 0 Å². The third-order valence-corrected chi connectivity index (χ3v) is 1.08. The van der Waals surface area contributed by atoms with E-state index in [4.69, 9.17) is 10.8 Å². The van der Waals surface area contributed by atoms with Crippen molar-refractivity contribution in [3.8, 4) is 0 Å². The number of rotatable bonds is 4. The van der Waals surface area contributed by atoms with Crippen molar-refractivity contribution < 1.29 is 19.5 Å². The van der Waals surface area contributed by atoms with Crippen molar-refractivity contribution >= 4 is 17.5 Å². The first-order valence-corrected chi connectivity index (χ1v) is 2.97. The fourth-order valence-electron chi connectivity index (χ4n) is 0.542. The van der Waals surface area contributed by atoms with Crippen LogP contribution in [0.25, 0.3) is 0 Å². The summed E-state index contributed by atoms with van der Waals surface area (Å²) < 4.78 is 0. The summed E-state index contributed by atoms with van der Waals surface area (Å²) in [6, 6.07) is -1.20. The molecule has 0 heterocycles. The van der Waals surface area contributed by atoms with E-state index in [0.717, 1.165) is 6.92 Å². The number of hydrogen-bond acceptors (Lipinski definition) is 4. The lowest BCUT2D eigenvalue weighted by molar-refractivity contribution is -0.141. The number of Topliss-reactive ketones (excluding diaryl/α,β-unsaturated/α-hetero) is 2. The summed E-state index contributed by atoms with van der Waals surface area (Å²) in [5.41, 5.74) is 5.07. The molecule has 0 saturated carbocycles. The van der Waals surface area contributed by atoms with Crippen molar-refractivity contribution in [3.05, 3.63) is 0 Å². The molecule has 0 aromatic heterocycles. The van der Waals surface area contributed by atoms with Crippen LogP contribution in [0.15, 0.2) is 0 Å². The monoisotopic (exact) mass is 159 g/mol. The number of carboxylic acid groups (broad SMARTS) is 1. The summed E-state index contributed by atoms with van der Waals surface area (Å²) in [6.45, 7) is 1.06. The highest BCUT2D eigenvalue weighted by Gasteiger charge is 2.20. The van der Waals surface area contributed by atoms with E-state index in [1.807, 2.05) is 0 Å². The van der Waals surface area contributed by atoms with E-state index in [1.165, 1.54) is 0 Å². The van der Waals surface area contributed by atoms with Crippen LogP contribution in [-0.4, -0.2) is 28.7 Å². The van der Waals surface area contributed by atoms with Gasteiger partial charge in [-0.3, -0.25) is 14.4 Å². The van der Waals surface area contributed by atoms with Gasteiger partial charge in [-0.05, 0) is 0 Å². The average molecular weight is 159 g/mol. The molecule has 5 nitrogen and oxygen atoms in total. The fraction of sp³-hybridized carbons (Fsp3) is 0.500. The largest absolute Gasteiger partial charge is 0.481 e. The lowest BCUT2D eigenvalue weighted by Crippen LogP contribution is -2.36. The van der Waals surface area contributed by atoms with Crippen LogP contribution in [0.3, 0.4) is 0 Å². The van der Waals surface area contributed by atoms with E-state index in [9.17, 15) is 14.4 Å². The molecule has 0 bridgehead atoms. The van der Waals surface area contributed by atoms with Crippen LogP contribution >= 0.6 is 0 Å². The lowest BCUT2D eigenvalue weighted by Gasteiger charge is -2.02. The van der Waals surface area contributed by atoms with Crippen LogP contribution in [0.2, 0.25) is 0 Å². The third-order valence-electron chi connectivity index (χ3n) is 1.08. The molecule has 0 aliphatic rings. The minimum Gasteiger partial charge on any atom is -0.481 e. The molecule has 0 aliphatic carbocycles. The highest BCUT2D eigenvalue weighted by atomic mass is 16.4. The van der Waals surface area contributed by atoms with E-state index in [0.29, 0.717) is 0 Å². The first-order valence-electron chi connectivity index (χ1n) is 2.97. The van der Waals surface area contributed by atoms with Gasteiger partial charge < -0.3 is 10.8 Å². The number of ketones is 2. The molecule has 0 saturated heterocycles. The maximum absolute atomic E-state index is 10.6. The van der Waals surface area contributed by atoms with Gasteiger partial charge in [-0.2, -0.15) is 0 Å². The molecular formula is C6H9NO4. The normalized spacial score (nSPS) is 12.2. The zero-order chi connectivity index (χ0) is 9.02. The van der Waals surface area contributed by atoms with Gasteiger partial charge >= 0.3 is 5.97 Å². The number of carboxylic acids is 1. The predicted octanol–water partition coefficient (Wildman–Crippen LogP) is -1.05. The number of nitrogens with two attached hydrogens (primary N) is 1. The van der Waals surface area contributed by atoms with Crippen LogP contribution < -0.4 is 5.73 Å². The molecule has 0 amide bonds. The summed E-state index contributed by atoms with van der Waals surface area (Å²) in [7, 11) is 0. The zero-order valence-electron chi connectivity index (χ0n) is 6.03. The van der Waals surface area contributed by atoms with E-state index in [-0.39, 0.29) is 0 Å². The Kier molecular flexibility index (Phi) is 3.39. The van der Waals surface area contributed by atoms with Gasteiger partial charge in [-0.25, -0.2) is 0 Å². The van der Waals surface area contributed by atoms with Crippen molar-refractivity contribution in [1.82, 2.24) is 0 Å². The number of aliphatic carboxylic acids is 1. The van der Waals surface area contributed by atoms with Crippen molar-refractivity contribution in [1.29, 1.82) is 0 Å². The van der Waals surface area contributed by atoms with Crippen LogP contribution in [0.5, 0.6) is 0 Å². The third kappa shape index (κ3) is 3.47. The second-order valence-electron chi connectivity index (χ2n) is 2.12. The van der Waals surface area contributed by atoms with Crippen LogP contribution in [0.4, 0.5) is 0 Å². The maximum Gasteiger partial charge on any atom is 0.305 e. The summed E-state index contributed by atoms with van der Waals surface area (Å²) >= 11 is 0. The molecular weight excluding hydrogens is 150 g/mol. The Morgan fingerprint density at radius 2 is 1.91 bits per heavy atom. The summed E-state index contributed by atoms with van der Waals surface area (Å²) in [6.07, 6.45) is -0.502. The Morgan fingerprint density at radius 3 is 2.18 bits per heavy atom. The Bertz CT molecular complexity index is 199. The first kappa shape index (κ1) is 9.77. The molecule has 0 aliphatic heterocycles. The van der Waals surface area contributed by atoms with Gasteiger partial charge in [0.2, 0.25) is 5.78 Å². The Balaban J connectivity index is 4.03. The van der Waals surface area contributed by atoms with Crippen molar-refractivity contribution in [2.45, 2.75) is 19.4 Å². The fourth-order valence-corrected chi connectivity index (χ4v) is 0.542. The second-order valence-corrected chi connectivity index (χ2v) is 2.12. The number of carbonyl (C=O) groups excluding carboxylic acids is 2. The molecule has 1 atom stereocenters. The first-order chi connectivity index (χ1) is 4.95. The second kappa shape index (κ2) is 3.82. The highest BCUT2D eigenvalue weighted by Crippen LogP contribution is 1.90. The Labute approximate surface area is 63.2 Å². The lowest BCUT2D eigenvalue weighted by atomic mass is 10.1. The highest BCUT2D eigenvalue weighted by molar-refractivity contribution is 6.38. The molecule has 11 heavy (non-hydrogen) atoms. The topological polar surface area (TPSA) is 97.5 Å². The van der Waals surface area contributed by atoms with E-state index in [2.05, 4.69) is 0 Å². The van der Waals surface area contributed by atoms with Gasteiger partial charge in [0.15, 0.2) is 5.78 Å². The van der Waals surface area contributed by atoms with Gasteiger partial charge in [0.05, 0.1) is 12.5 Å². The average Bonchev–Trinajstić information content (AvgIpc) is 1.84. The van der Waals surface area contributed by atoms with Crippen molar-refractivity contribution in [2.75, 3.05) is 0 Å². The minimum absolute atomic E-state index is 0.502. The summed E-state index contributed by atoms with van der Waals surface area (Å²) in [5.74, 6) is -2.74. The number of hydrogen-bond donors (Lipinski definition) is 2. The van der Waals surface area contributed by atoms with Crippen molar-refractivity contribution in [2.24, 2.45) is 5.73 Å². The van der Waals surface area contributed by atoms with E-state index in [1.54, 1.807) is 0 Å². The minimum atomic E-state index is -1.20. The van der Waals surface area contributed by atoms with E-state index >= 15 is 0 Å². The molecule has 1 unspecified atom stereocenters. The van der Waals surface area contributed by atoms with E-state index < -0.39 is 30.0 Å². The predicted molar refractivity (Wildman–Crippen MR) is 35.9 cm³/mol. The standard InChI is InChI=1S/C6H9NO4/c1-3(8)6(11)4(7)2-5(9)10/h4H,2,7H2,1H3,(H,9,10).